The zero-order valence-electron chi connectivity index (χ0n) is 11.9. The maximum absolute atomic E-state index is 6.01. The number of anilines is 1. The molecule has 0 aliphatic carbocycles. The predicted octanol–water partition coefficient (Wildman–Crippen LogP) is 4.67. The Balaban J connectivity index is 1.78. The molecule has 110 valence electrons. The molecule has 0 amide bonds. The zero-order chi connectivity index (χ0) is 14.7. The Morgan fingerprint density at radius 3 is 2.67 bits per heavy atom. The van der Waals surface area contributed by atoms with Crippen molar-refractivity contribution in [2.24, 2.45) is 0 Å². The summed E-state index contributed by atoms with van der Waals surface area (Å²) < 4.78 is 11.4. The molecule has 0 radical (unpaired) electrons. The van der Waals surface area contributed by atoms with Crippen molar-refractivity contribution in [3.63, 3.8) is 0 Å². The van der Waals surface area contributed by atoms with Gasteiger partial charge in [-0.05, 0) is 42.8 Å². The Bertz CT molecular complexity index is 630. The van der Waals surface area contributed by atoms with Crippen molar-refractivity contribution >= 4 is 17.3 Å². The van der Waals surface area contributed by atoms with Crippen LogP contribution in [0.4, 0.5) is 5.69 Å². The fraction of sp³-hybridized carbons (Fsp3) is 0.294. The summed E-state index contributed by atoms with van der Waals surface area (Å²) in [6, 6.07) is 14.0. The van der Waals surface area contributed by atoms with Crippen molar-refractivity contribution in [3.05, 3.63) is 53.1 Å². The summed E-state index contributed by atoms with van der Waals surface area (Å²) in [4.78, 5) is 0. The normalized spacial score (nSPS) is 15.1. The van der Waals surface area contributed by atoms with Gasteiger partial charge in [0.15, 0.2) is 11.5 Å². The van der Waals surface area contributed by atoms with Crippen LogP contribution in [0.25, 0.3) is 0 Å². The van der Waals surface area contributed by atoms with Gasteiger partial charge in [0.1, 0.15) is 0 Å². The van der Waals surface area contributed by atoms with Crippen LogP contribution in [-0.2, 0) is 0 Å². The van der Waals surface area contributed by atoms with Crippen LogP contribution < -0.4 is 14.8 Å². The number of halogens is 1. The summed E-state index contributed by atoms with van der Waals surface area (Å²) in [6.45, 7) is 3.52. The van der Waals surface area contributed by atoms with E-state index in [0.717, 1.165) is 34.2 Å². The van der Waals surface area contributed by atoms with E-state index in [4.69, 9.17) is 21.1 Å². The molecule has 1 unspecified atom stereocenters. The molecule has 1 atom stereocenters. The Morgan fingerprint density at radius 2 is 1.86 bits per heavy atom. The lowest BCUT2D eigenvalue weighted by molar-refractivity contribution is 0.297. The van der Waals surface area contributed by atoms with Gasteiger partial charge in [0, 0.05) is 23.2 Å². The van der Waals surface area contributed by atoms with Gasteiger partial charge in [0.05, 0.1) is 13.2 Å². The van der Waals surface area contributed by atoms with Crippen LogP contribution in [0, 0.1) is 0 Å². The summed E-state index contributed by atoms with van der Waals surface area (Å²) >= 11 is 6.01. The van der Waals surface area contributed by atoms with E-state index in [1.807, 2.05) is 36.4 Å². The lowest BCUT2D eigenvalue weighted by Crippen LogP contribution is -2.07. The molecular weight excluding hydrogens is 286 g/mol. The molecule has 0 aromatic heterocycles. The predicted molar refractivity (Wildman–Crippen MR) is 85.5 cm³/mol. The Morgan fingerprint density at radius 1 is 1.05 bits per heavy atom. The highest BCUT2D eigenvalue weighted by atomic mass is 35.5. The second kappa shape index (κ2) is 6.27. The Kier molecular flexibility index (Phi) is 4.20. The van der Waals surface area contributed by atoms with Crippen molar-refractivity contribution in [2.45, 2.75) is 19.4 Å². The van der Waals surface area contributed by atoms with Crippen molar-refractivity contribution in [2.75, 3.05) is 18.5 Å². The smallest absolute Gasteiger partial charge is 0.161 e. The van der Waals surface area contributed by atoms with E-state index in [9.17, 15) is 0 Å². The van der Waals surface area contributed by atoms with Gasteiger partial charge >= 0.3 is 0 Å². The van der Waals surface area contributed by atoms with Crippen LogP contribution >= 0.6 is 11.6 Å². The summed E-state index contributed by atoms with van der Waals surface area (Å²) in [5.41, 5.74) is 2.15. The Hall–Kier alpha value is -1.87. The minimum Gasteiger partial charge on any atom is -0.490 e. The van der Waals surface area contributed by atoms with E-state index < -0.39 is 0 Å². The van der Waals surface area contributed by atoms with Crippen molar-refractivity contribution in [1.29, 1.82) is 0 Å². The molecule has 1 aliphatic rings. The molecule has 0 saturated heterocycles. The third-order valence-corrected chi connectivity index (χ3v) is 3.71. The van der Waals surface area contributed by atoms with Gasteiger partial charge in [-0.2, -0.15) is 0 Å². The summed E-state index contributed by atoms with van der Waals surface area (Å²) in [6.07, 6.45) is 0.917. The number of nitrogens with one attached hydrogen (secondary N) is 1. The van der Waals surface area contributed by atoms with Crippen LogP contribution in [0.5, 0.6) is 11.5 Å². The molecule has 1 aliphatic heterocycles. The molecule has 0 saturated carbocycles. The van der Waals surface area contributed by atoms with Crippen molar-refractivity contribution in [1.82, 2.24) is 0 Å². The average Bonchev–Trinajstić information content (AvgIpc) is 2.71. The minimum atomic E-state index is 0.153. The molecule has 0 bridgehead atoms. The van der Waals surface area contributed by atoms with Crippen LogP contribution in [0.15, 0.2) is 42.5 Å². The molecule has 3 nitrogen and oxygen atoms in total. The summed E-state index contributed by atoms with van der Waals surface area (Å²) in [5.74, 6) is 1.65. The monoisotopic (exact) mass is 303 g/mol. The van der Waals surface area contributed by atoms with Crippen LogP contribution in [0.2, 0.25) is 5.02 Å². The van der Waals surface area contributed by atoms with Gasteiger partial charge in [0.2, 0.25) is 0 Å². The molecular formula is C17H18ClNO2. The van der Waals surface area contributed by atoms with Crippen molar-refractivity contribution in [3.8, 4) is 11.5 Å². The average molecular weight is 304 g/mol. The quantitative estimate of drug-likeness (QED) is 0.893. The molecule has 3 rings (SSSR count). The third kappa shape index (κ3) is 3.42. The highest BCUT2D eigenvalue weighted by molar-refractivity contribution is 6.30. The highest BCUT2D eigenvalue weighted by Crippen LogP contribution is 2.33. The number of hydrogen-bond acceptors (Lipinski definition) is 3. The topological polar surface area (TPSA) is 30.5 Å². The highest BCUT2D eigenvalue weighted by Gasteiger charge is 2.13. The summed E-state index contributed by atoms with van der Waals surface area (Å²) in [5, 5.41) is 4.17. The zero-order valence-corrected chi connectivity index (χ0v) is 12.7. The standard InChI is InChI=1S/C17H18ClNO2/c1-12(19-15-5-2-4-14(18)11-15)13-6-7-16-17(10-13)21-9-3-8-20-16/h2,4-7,10-12,19H,3,8-9H2,1H3. The first kappa shape index (κ1) is 14.1. The maximum atomic E-state index is 6.01. The van der Waals surface area contributed by atoms with Gasteiger partial charge in [-0.15, -0.1) is 0 Å². The van der Waals surface area contributed by atoms with Crippen molar-refractivity contribution < 1.29 is 9.47 Å². The molecule has 1 N–H and O–H groups in total. The molecule has 0 fully saturated rings. The van der Waals surface area contributed by atoms with Crippen LogP contribution in [0.3, 0.4) is 0 Å². The van der Waals surface area contributed by atoms with E-state index in [1.54, 1.807) is 0 Å². The number of ether oxygens (including phenoxy) is 2. The lowest BCUT2D eigenvalue weighted by atomic mass is 10.1. The van der Waals surface area contributed by atoms with Gasteiger partial charge < -0.3 is 14.8 Å². The number of hydrogen-bond donors (Lipinski definition) is 1. The second-order valence-corrected chi connectivity index (χ2v) is 5.57. The molecule has 4 heteroatoms. The van der Waals surface area contributed by atoms with E-state index in [-0.39, 0.29) is 6.04 Å². The first-order valence-corrected chi connectivity index (χ1v) is 7.52. The van der Waals surface area contributed by atoms with Gasteiger partial charge in [-0.3, -0.25) is 0 Å². The first-order chi connectivity index (χ1) is 10.2. The second-order valence-electron chi connectivity index (χ2n) is 5.13. The van der Waals surface area contributed by atoms with Gasteiger partial charge in [-0.25, -0.2) is 0 Å². The molecule has 1 heterocycles. The lowest BCUT2D eigenvalue weighted by Gasteiger charge is -2.17. The van der Waals surface area contributed by atoms with E-state index in [1.165, 1.54) is 0 Å². The third-order valence-electron chi connectivity index (χ3n) is 3.48. The number of fused-ring (bicyclic) bond motifs is 1. The molecule has 0 spiro atoms. The Labute approximate surface area is 129 Å². The largest absolute Gasteiger partial charge is 0.490 e. The van der Waals surface area contributed by atoms with E-state index >= 15 is 0 Å². The number of benzene rings is 2. The fourth-order valence-corrected chi connectivity index (χ4v) is 2.55. The maximum Gasteiger partial charge on any atom is 0.161 e. The molecule has 2 aromatic rings. The summed E-state index contributed by atoms with van der Waals surface area (Å²) in [7, 11) is 0. The van der Waals surface area contributed by atoms with E-state index in [0.29, 0.717) is 13.2 Å². The van der Waals surface area contributed by atoms with Gasteiger partial charge in [-0.1, -0.05) is 23.7 Å². The first-order valence-electron chi connectivity index (χ1n) is 7.14. The minimum absolute atomic E-state index is 0.153. The molecule has 21 heavy (non-hydrogen) atoms. The molecule has 2 aromatic carbocycles. The fourth-order valence-electron chi connectivity index (χ4n) is 2.36. The number of rotatable bonds is 3. The van der Waals surface area contributed by atoms with Crippen LogP contribution in [-0.4, -0.2) is 13.2 Å². The van der Waals surface area contributed by atoms with Gasteiger partial charge in [0.25, 0.3) is 0 Å². The SMILES string of the molecule is CC(Nc1cccc(Cl)c1)c1ccc2c(c1)OCCCO2. The van der Waals surface area contributed by atoms with Crippen LogP contribution in [0.1, 0.15) is 24.9 Å². The van der Waals surface area contributed by atoms with E-state index in [2.05, 4.69) is 18.3 Å².